The standard InChI is InChI=1S/C43H48NO2PS/c1-41(2,3)31-28-26-30(27-29-31)38(44(9)48(45)42(4,5)6)34-22-16-23-35-39(34)46-40-36(43(35,7)8)24-17-25-37(40)47(32-18-12-10-13-19-32)33-20-14-11-15-21-33/h10-29,38H,1-9H3/t38-,48-/m1/s1. The maximum absolute atomic E-state index is 14.1. The second-order valence-corrected chi connectivity index (χ2v) is 19.8. The highest BCUT2D eigenvalue weighted by Gasteiger charge is 2.40. The number of hydrogen-bond donors (Lipinski definition) is 0. The lowest BCUT2D eigenvalue weighted by molar-refractivity contribution is 0.389. The fourth-order valence-corrected chi connectivity index (χ4v) is 10.5. The van der Waals surface area contributed by atoms with Gasteiger partial charge in [-0.05, 0) is 55.8 Å². The third-order valence-corrected chi connectivity index (χ3v) is 13.6. The lowest BCUT2D eigenvalue weighted by atomic mass is 9.74. The van der Waals surface area contributed by atoms with Crippen molar-refractivity contribution in [2.75, 3.05) is 7.05 Å². The number of nitrogens with zero attached hydrogens (tertiary/aromatic N) is 1. The average molecular weight is 674 g/mol. The molecule has 1 heterocycles. The lowest BCUT2D eigenvalue weighted by Crippen LogP contribution is -2.38. The van der Waals surface area contributed by atoms with Crippen LogP contribution in [0.1, 0.15) is 89.2 Å². The molecule has 48 heavy (non-hydrogen) atoms. The van der Waals surface area contributed by atoms with Crippen molar-refractivity contribution in [3.63, 3.8) is 0 Å². The summed E-state index contributed by atoms with van der Waals surface area (Å²) in [4.78, 5) is 0. The number of rotatable bonds is 7. The van der Waals surface area contributed by atoms with Crippen LogP contribution in [0.2, 0.25) is 0 Å². The minimum atomic E-state index is -1.28. The molecular weight excluding hydrogens is 626 g/mol. The zero-order valence-electron chi connectivity index (χ0n) is 29.7. The lowest BCUT2D eigenvalue weighted by Gasteiger charge is -2.40. The number of benzene rings is 5. The largest absolute Gasteiger partial charge is 0.456 e. The van der Waals surface area contributed by atoms with Gasteiger partial charge in [-0.1, -0.05) is 156 Å². The van der Waals surface area contributed by atoms with Crippen molar-refractivity contribution in [3.05, 3.63) is 149 Å². The predicted molar refractivity (Wildman–Crippen MR) is 206 cm³/mol. The van der Waals surface area contributed by atoms with Gasteiger partial charge in [-0.3, -0.25) is 0 Å². The molecule has 0 bridgehead atoms. The minimum Gasteiger partial charge on any atom is -0.456 e. The molecule has 1 aliphatic rings. The number of hydrogen-bond acceptors (Lipinski definition) is 2. The third kappa shape index (κ3) is 6.43. The van der Waals surface area contributed by atoms with Crippen molar-refractivity contribution in [2.45, 2.75) is 77.0 Å². The van der Waals surface area contributed by atoms with Crippen LogP contribution in [0, 0.1) is 0 Å². The number of para-hydroxylation sites is 2. The van der Waals surface area contributed by atoms with E-state index in [9.17, 15) is 4.21 Å². The van der Waals surface area contributed by atoms with Crippen molar-refractivity contribution in [1.82, 2.24) is 4.31 Å². The molecule has 0 saturated carbocycles. The van der Waals surface area contributed by atoms with Gasteiger partial charge in [0.05, 0.1) is 10.8 Å². The number of ether oxygens (including phenoxy) is 1. The summed E-state index contributed by atoms with van der Waals surface area (Å²) in [5.41, 5.74) is 5.41. The second kappa shape index (κ2) is 13.0. The summed E-state index contributed by atoms with van der Waals surface area (Å²) in [7, 11) is -0.192. The Morgan fingerprint density at radius 2 is 1.19 bits per heavy atom. The molecule has 5 aromatic rings. The topological polar surface area (TPSA) is 29.5 Å². The van der Waals surface area contributed by atoms with Crippen LogP contribution < -0.4 is 20.7 Å². The van der Waals surface area contributed by atoms with Gasteiger partial charge in [0, 0.05) is 34.5 Å². The van der Waals surface area contributed by atoms with Crippen LogP contribution in [0.5, 0.6) is 11.5 Å². The molecule has 0 aromatic heterocycles. The van der Waals surface area contributed by atoms with Crippen molar-refractivity contribution in [2.24, 2.45) is 0 Å². The van der Waals surface area contributed by atoms with Crippen LogP contribution in [0.3, 0.4) is 0 Å². The van der Waals surface area contributed by atoms with Crippen LogP contribution in [0.15, 0.2) is 121 Å². The van der Waals surface area contributed by atoms with E-state index in [-0.39, 0.29) is 16.9 Å². The van der Waals surface area contributed by atoms with Gasteiger partial charge >= 0.3 is 0 Å². The highest BCUT2D eigenvalue weighted by Crippen LogP contribution is 2.53. The monoisotopic (exact) mass is 673 g/mol. The van der Waals surface area contributed by atoms with Gasteiger partial charge < -0.3 is 4.74 Å². The Bertz CT molecular complexity index is 1880. The first-order chi connectivity index (χ1) is 22.7. The van der Waals surface area contributed by atoms with Gasteiger partial charge in [-0.2, -0.15) is 0 Å². The Labute approximate surface area is 291 Å². The summed E-state index contributed by atoms with van der Waals surface area (Å²) in [5.74, 6) is 1.80. The molecule has 2 atom stereocenters. The second-order valence-electron chi connectivity index (χ2n) is 15.3. The third-order valence-electron chi connectivity index (χ3n) is 9.40. The Balaban J connectivity index is 1.56. The summed E-state index contributed by atoms with van der Waals surface area (Å²) < 4.78 is 23.0. The van der Waals surface area contributed by atoms with Crippen LogP contribution in [0.4, 0.5) is 0 Å². The molecule has 6 rings (SSSR count). The SMILES string of the molecule is CN([C@H](c1ccc(C(C)(C)C)cc1)c1cccc2c1Oc1c(P(c3ccccc3)c3ccccc3)cccc1C2(C)C)[S@](=O)C(C)(C)C. The van der Waals surface area contributed by atoms with Crippen molar-refractivity contribution in [1.29, 1.82) is 0 Å². The number of fused-ring (bicyclic) bond motifs is 2. The molecule has 1 aliphatic heterocycles. The highest BCUT2D eigenvalue weighted by atomic mass is 32.2. The molecule has 5 heteroatoms. The Morgan fingerprint density at radius 1 is 0.667 bits per heavy atom. The highest BCUT2D eigenvalue weighted by molar-refractivity contribution is 7.84. The molecule has 248 valence electrons. The predicted octanol–water partition coefficient (Wildman–Crippen LogP) is 9.66. The van der Waals surface area contributed by atoms with Gasteiger partial charge in [0.15, 0.2) is 0 Å². The average Bonchev–Trinajstić information content (AvgIpc) is 3.06. The van der Waals surface area contributed by atoms with E-state index in [0.29, 0.717) is 0 Å². The summed E-state index contributed by atoms with van der Waals surface area (Å²) in [6, 6.07) is 43.3. The molecule has 0 saturated heterocycles. The molecular formula is C43H48NO2PS. The maximum Gasteiger partial charge on any atom is 0.139 e. The molecule has 0 aliphatic carbocycles. The molecule has 0 radical (unpaired) electrons. The summed E-state index contributed by atoms with van der Waals surface area (Å²) in [6.45, 7) is 17.4. The normalized spacial score (nSPS) is 15.4. The summed E-state index contributed by atoms with van der Waals surface area (Å²) >= 11 is 0. The van der Waals surface area contributed by atoms with E-state index < -0.39 is 23.7 Å². The quantitative estimate of drug-likeness (QED) is 0.161. The van der Waals surface area contributed by atoms with E-state index in [1.165, 1.54) is 27.0 Å². The fraction of sp³-hybridized carbons (Fsp3) is 0.302. The van der Waals surface area contributed by atoms with Crippen LogP contribution in [-0.4, -0.2) is 20.3 Å². The Kier molecular flexibility index (Phi) is 9.33. The Morgan fingerprint density at radius 3 is 1.71 bits per heavy atom. The van der Waals surface area contributed by atoms with Gasteiger partial charge in [0.2, 0.25) is 0 Å². The summed E-state index contributed by atoms with van der Waals surface area (Å²) in [5, 5.41) is 3.76. The molecule has 3 nitrogen and oxygen atoms in total. The van der Waals surface area contributed by atoms with Gasteiger partial charge in [-0.15, -0.1) is 0 Å². The summed E-state index contributed by atoms with van der Waals surface area (Å²) in [6.07, 6.45) is 0. The molecule has 0 amide bonds. The van der Waals surface area contributed by atoms with E-state index >= 15 is 0 Å². The van der Waals surface area contributed by atoms with E-state index in [1.54, 1.807) is 0 Å². The first-order valence-electron chi connectivity index (χ1n) is 16.8. The van der Waals surface area contributed by atoms with E-state index in [1.807, 2.05) is 32.1 Å². The zero-order chi connectivity index (χ0) is 34.4. The first-order valence-corrected chi connectivity index (χ1v) is 19.2. The first kappa shape index (κ1) is 34.3. The van der Waals surface area contributed by atoms with E-state index in [2.05, 4.69) is 156 Å². The van der Waals surface area contributed by atoms with Crippen LogP contribution >= 0.6 is 7.92 Å². The Hall–Kier alpha value is -3.56. The van der Waals surface area contributed by atoms with Crippen molar-refractivity contribution in [3.8, 4) is 11.5 Å². The van der Waals surface area contributed by atoms with Crippen molar-refractivity contribution < 1.29 is 8.95 Å². The van der Waals surface area contributed by atoms with Gasteiger partial charge in [0.1, 0.15) is 22.5 Å². The van der Waals surface area contributed by atoms with Crippen LogP contribution in [0.25, 0.3) is 0 Å². The maximum atomic E-state index is 14.1. The van der Waals surface area contributed by atoms with Crippen LogP contribution in [-0.2, 0) is 21.8 Å². The molecule has 0 fully saturated rings. The smallest absolute Gasteiger partial charge is 0.139 e. The van der Waals surface area contributed by atoms with Gasteiger partial charge in [0.25, 0.3) is 0 Å². The zero-order valence-corrected chi connectivity index (χ0v) is 31.5. The molecule has 0 N–H and O–H groups in total. The molecule has 0 spiro atoms. The van der Waals surface area contributed by atoms with E-state index in [0.717, 1.165) is 28.2 Å². The van der Waals surface area contributed by atoms with E-state index in [4.69, 9.17) is 4.74 Å². The van der Waals surface area contributed by atoms with Crippen molar-refractivity contribution >= 4 is 34.8 Å². The van der Waals surface area contributed by atoms with Gasteiger partial charge in [-0.25, -0.2) is 8.51 Å². The minimum absolute atomic E-state index is 0.0309. The molecule has 0 unspecified atom stereocenters. The molecule has 5 aromatic carbocycles. The fourth-order valence-electron chi connectivity index (χ4n) is 6.78.